The number of benzene rings is 2. The van der Waals surface area contributed by atoms with Crippen LogP contribution in [-0.2, 0) is 31.2 Å². The number of sulfone groups is 1. The van der Waals surface area contributed by atoms with Crippen molar-refractivity contribution in [1.82, 2.24) is 4.31 Å². The number of piperidine rings is 1. The van der Waals surface area contributed by atoms with Crippen LogP contribution in [0.3, 0.4) is 0 Å². The number of alkyl halides is 3. The molecule has 3 N–H and O–H groups in total. The van der Waals surface area contributed by atoms with Gasteiger partial charge in [0, 0.05) is 19.6 Å². The molecule has 1 aliphatic heterocycles. The topological polar surface area (TPSA) is 135 Å². The first kappa shape index (κ1) is 27.8. The van der Waals surface area contributed by atoms with Gasteiger partial charge in [0.2, 0.25) is 10.0 Å². The van der Waals surface area contributed by atoms with Crippen LogP contribution in [0.1, 0.15) is 23.5 Å². The molecule has 0 bridgehead atoms. The first-order valence-electron chi connectivity index (χ1n) is 9.99. The standard InChI is InChI=1S/C19H24N2O4S2.C2HF3O2/c1-26(22,23)21-13-17(16-5-3-2-4-6-16)11-19(14-21)27(24,25)18-9-7-15(12-20)8-10-18;3-2(4,5)1(6)7/h2-10,17,19H,11-14,20H2,1H3;(H,6,7). The van der Waals surface area contributed by atoms with Gasteiger partial charge < -0.3 is 10.8 Å². The SMILES string of the molecule is CS(=O)(=O)N1CC(c2ccccc2)CC(S(=O)(=O)c2ccc(CN)cc2)C1.O=C(O)C(F)(F)F. The lowest BCUT2D eigenvalue weighted by Crippen LogP contribution is -2.47. The van der Waals surface area contributed by atoms with Crippen molar-refractivity contribution < 1.29 is 39.9 Å². The van der Waals surface area contributed by atoms with Gasteiger partial charge in [0.15, 0.2) is 9.84 Å². The van der Waals surface area contributed by atoms with E-state index in [1.54, 1.807) is 24.3 Å². The second-order valence-corrected chi connectivity index (χ2v) is 12.0. The molecule has 0 spiro atoms. The summed E-state index contributed by atoms with van der Waals surface area (Å²) < 4.78 is 83.7. The molecule has 13 heteroatoms. The number of halogens is 3. The smallest absolute Gasteiger partial charge is 0.475 e. The average Bonchev–Trinajstić information content (AvgIpc) is 2.78. The summed E-state index contributed by atoms with van der Waals surface area (Å²) in [5, 5.41) is 6.33. The van der Waals surface area contributed by atoms with E-state index < -0.39 is 37.3 Å². The highest BCUT2D eigenvalue weighted by Gasteiger charge is 2.40. The third-order valence-electron chi connectivity index (χ3n) is 5.29. The number of hydrogen-bond donors (Lipinski definition) is 2. The number of carboxylic acid groups (broad SMARTS) is 1. The predicted octanol–water partition coefficient (Wildman–Crippen LogP) is 2.37. The minimum absolute atomic E-state index is 0.0247. The zero-order valence-electron chi connectivity index (χ0n) is 18.1. The van der Waals surface area contributed by atoms with Gasteiger partial charge in [-0.3, -0.25) is 0 Å². The van der Waals surface area contributed by atoms with Gasteiger partial charge in [0.05, 0.1) is 16.4 Å². The fourth-order valence-electron chi connectivity index (χ4n) is 3.48. The second-order valence-electron chi connectivity index (χ2n) is 7.74. The summed E-state index contributed by atoms with van der Waals surface area (Å²) in [6, 6.07) is 16.0. The molecule has 1 heterocycles. The number of hydrogen-bond acceptors (Lipinski definition) is 6. The number of carboxylic acids is 1. The zero-order chi connectivity index (χ0) is 25.7. The molecule has 1 fully saturated rings. The summed E-state index contributed by atoms with van der Waals surface area (Å²) in [5.74, 6) is -2.93. The van der Waals surface area contributed by atoms with Crippen molar-refractivity contribution in [1.29, 1.82) is 0 Å². The largest absolute Gasteiger partial charge is 0.490 e. The van der Waals surface area contributed by atoms with Crippen molar-refractivity contribution in [2.24, 2.45) is 5.73 Å². The van der Waals surface area contributed by atoms with Crippen molar-refractivity contribution >= 4 is 25.8 Å². The summed E-state index contributed by atoms with van der Waals surface area (Å²) in [5.41, 5.74) is 7.37. The maximum absolute atomic E-state index is 13.2. The van der Waals surface area contributed by atoms with Crippen LogP contribution in [0, 0.1) is 0 Å². The lowest BCUT2D eigenvalue weighted by molar-refractivity contribution is -0.192. The van der Waals surface area contributed by atoms with E-state index in [1.807, 2.05) is 30.3 Å². The Morgan fingerprint density at radius 3 is 2.00 bits per heavy atom. The average molecular weight is 523 g/mol. The van der Waals surface area contributed by atoms with Crippen LogP contribution in [0.4, 0.5) is 13.2 Å². The lowest BCUT2D eigenvalue weighted by Gasteiger charge is -2.36. The van der Waals surface area contributed by atoms with E-state index in [9.17, 15) is 30.0 Å². The molecular weight excluding hydrogens is 497 g/mol. The lowest BCUT2D eigenvalue weighted by atomic mass is 9.91. The molecule has 0 aliphatic carbocycles. The van der Waals surface area contributed by atoms with Crippen molar-refractivity contribution in [3.63, 3.8) is 0 Å². The first-order chi connectivity index (χ1) is 15.7. The van der Waals surface area contributed by atoms with Crippen LogP contribution in [0.5, 0.6) is 0 Å². The van der Waals surface area contributed by atoms with E-state index >= 15 is 0 Å². The summed E-state index contributed by atoms with van der Waals surface area (Å²) in [4.78, 5) is 9.10. The number of sulfonamides is 1. The van der Waals surface area contributed by atoms with E-state index in [2.05, 4.69) is 0 Å². The Hall–Kier alpha value is -2.48. The highest BCUT2D eigenvalue weighted by atomic mass is 32.2. The van der Waals surface area contributed by atoms with Crippen LogP contribution in [0.25, 0.3) is 0 Å². The quantitative estimate of drug-likeness (QED) is 0.616. The van der Waals surface area contributed by atoms with Gasteiger partial charge in [0.1, 0.15) is 0 Å². The molecule has 188 valence electrons. The van der Waals surface area contributed by atoms with Crippen LogP contribution < -0.4 is 5.73 Å². The molecule has 2 aromatic rings. The number of rotatable bonds is 5. The normalized spacial score (nSPS) is 19.7. The van der Waals surface area contributed by atoms with E-state index in [4.69, 9.17) is 15.6 Å². The minimum Gasteiger partial charge on any atom is -0.475 e. The first-order valence-corrected chi connectivity index (χ1v) is 13.4. The Morgan fingerprint density at radius 2 is 1.56 bits per heavy atom. The predicted molar refractivity (Wildman–Crippen MR) is 119 cm³/mol. The fraction of sp³-hybridized carbons (Fsp3) is 0.381. The molecule has 1 aliphatic rings. The molecule has 34 heavy (non-hydrogen) atoms. The molecular formula is C21H25F3N2O6S2. The van der Waals surface area contributed by atoms with Gasteiger partial charge in [-0.15, -0.1) is 0 Å². The fourth-order valence-corrected chi connectivity index (χ4v) is 6.24. The molecule has 0 saturated carbocycles. The molecule has 0 aromatic heterocycles. The highest BCUT2D eigenvalue weighted by molar-refractivity contribution is 7.92. The van der Waals surface area contributed by atoms with Gasteiger partial charge in [0.25, 0.3) is 0 Å². The molecule has 0 amide bonds. The summed E-state index contributed by atoms with van der Waals surface area (Å²) in [6.07, 6.45) is -3.57. The second kappa shape index (κ2) is 10.8. The maximum Gasteiger partial charge on any atom is 0.490 e. The Kier molecular flexibility index (Phi) is 8.86. The Labute approximate surface area is 196 Å². The number of nitrogens with two attached hydrogens (primary N) is 1. The van der Waals surface area contributed by atoms with E-state index in [1.165, 1.54) is 4.31 Å². The van der Waals surface area contributed by atoms with Crippen LogP contribution >= 0.6 is 0 Å². The van der Waals surface area contributed by atoms with Crippen LogP contribution in [0.15, 0.2) is 59.5 Å². The van der Waals surface area contributed by atoms with E-state index in [-0.39, 0.29) is 17.4 Å². The van der Waals surface area contributed by atoms with Crippen molar-refractivity contribution in [3.8, 4) is 0 Å². The summed E-state index contributed by atoms with van der Waals surface area (Å²) >= 11 is 0. The molecule has 0 radical (unpaired) electrons. The third kappa shape index (κ3) is 7.26. The van der Waals surface area contributed by atoms with E-state index in [0.29, 0.717) is 19.5 Å². The molecule has 2 aromatic carbocycles. The molecule has 3 rings (SSSR count). The highest BCUT2D eigenvalue weighted by Crippen LogP contribution is 2.33. The molecule has 2 unspecified atom stereocenters. The van der Waals surface area contributed by atoms with Gasteiger partial charge in [-0.1, -0.05) is 42.5 Å². The summed E-state index contributed by atoms with van der Waals surface area (Å²) in [7, 11) is -7.17. The van der Waals surface area contributed by atoms with Gasteiger partial charge in [-0.05, 0) is 35.6 Å². The Balaban J connectivity index is 0.000000509. The Morgan fingerprint density at radius 1 is 1.03 bits per heavy atom. The molecule has 2 atom stereocenters. The number of aliphatic carboxylic acids is 1. The molecule has 8 nitrogen and oxygen atoms in total. The maximum atomic E-state index is 13.2. The third-order valence-corrected chi connectivity index (χ3v) is 8.67. The van der Waals surface area contributed by atoms with Crippen LogP contribution in [-0.4, -0.2) is 63.0 Å². The van der Waals surface area contributed by atoms with Gasteiger partial charge >= 0.3 is 12.1 Å². The van der Waals surface area contributed by atoms with Crippen molar-refractivity contribution in [3.05, 3.63) is 65.7 Å². The van der Waals surface area contributed by atoms with Crippen molar-refractivity contribution in [2.45, 2.75) is 35.2 Å². The number of carbonyl (C=O) groups is 1. The minimum atomic E-state index is -5.08. The zero-order valence-corrected chi connectivity index (χ0v) is 19.8. The number of nitrogens with zero attached hydrogens (tertiary/aromatic N) is 1. The van der Waals surface area contributed by atoms with Crippen molar-refractivity contribution in [2.75, 3.05) is 19.3 Å². The Bertz CT molecular complexity index is 1190. The monoisotopic (exact) mass is 522 g/mol. The van der Waals surface area contributed by atoms with Gasteiger partial charge in [-0.2, -0.15) is 13.2 Å². The summed E-state index contributed by atoms with van der Waals surface area (Å²) in [6.45, 7) is 0.603. The van der Waals surface area contributed by atoms with Gasteiger partial charge in [-0.25, -0.2) is 25.9 Å². The molecule has 1 saturated heterocycles. The van der Waals surface area contributed by atoms with E-state index in [0.717, 1.165) is 17.4 Å². The van der Waals surface area contributed by atoms with Crippen LogP contribution in [0.2, 0.25) is 0 Å².